The highest BCUT2D eigenvalue weighted by molar-refractivity contribution is 5.98. The zero-order chi connectivity index (χ0) is 15.2. The molecule has 2 rings (SSSR count). The number of Topliss-reactive ketones (excluding diaryl/α,β-unsaturated/α-hetero) is 1. The number of anilines is 1. The average Bonchev–Trinajstić information content (AvgIpc) is 2.50. The quantitative estimate of drug-likeness (QED) is 0.598. The molecular weight excluding hydrogens is 264 g/mol. The van der Waals surface area contributed by atoms with Gasteiger partial charge in [0.25, 0.3) is 0 Å². The number of ketones is 1. The van der Waals surface area contributed by atoms with E-state index >= 15 is 0 Å². The molecule has 0 amide bonds. The zero-order valence-corrected chi connectivity index (χ0v) is 13.2. The lowest BCUT2D eigenvalue weighted by Gasteiger charge is -2.26. The minimum absolute atomic E-state index is 0.126. The molecule has 116 valence electrons. The first-order chi connectivity index (χ1) is 10.1. The fourth-order valence-electron chi connectivity index (χ4n) is 2.31. The highest BCUT2D eigenvalue weighted by atomic mass is 16.5. The Balaban J connectivity index is 1.91. The predicted molar refractivity (Wildman–Crippen MR) is 86.3 cm³/mol. The van der Waals surface area contributed by atoms with Gasteiger partial charge in [-0.3, -0.25) is 4.79 Å². The van der Waals surface area contributed by atoms with Gasteiger partial charge in [-0.15, -0.1) is 0 Å². The van der Waals surface area contributed by atoms with E-state index in [1.54, 1.807) is 0 Å². The van der Waals surface area contributed by atoms with Crippen LogP contribution in [0.4, 0.5) is 5.69 Å². The van der Waals surface area contributed by atoms with Crippen LogP contribution in [0, 0.1) is 5.92 Å². The van der Waals surface area contributed by atoms with E-state index in [1.165, 1.54) is 0 Å². The summed E-state index contributed by atoms with van der Waals surface area (Å²) in [6.45, 7) is 8.55. The highest BCUT2D eigenvalue weighted by Gasteiger charge is 2.18. The first-order valence-electron chi connectivity index (χ1n) is 7.88. The molecule has 1 unspecified atom stereocenters. The number of hydrogen-bond donors (Lipinski definition) is 2. The predicted octanol–water partition coefficient (Wildman–Crippen LogP) is 3.09. The summed E-state index contributed by atoms with van der Waals surface area (Å²) in [6, 6.07) is 5.64. The Kier molecular flexibility index (Phi) is 5.62. The molecule has 4 nitrogen and oxygen atoms in total. The normalized spacial score (nSPS) is 17.0. The highest BCUT2D eigenvalue weighted by Crippen LogP contribution is 2.30. The Labute approximate surface area is 127 Å². The van der Waals surface area contributed by atoms with Gasteiger partial charge in [-0.25, -0.2) is 0 Å². The minimum atomic E-state index is 0.126. The van der Waals surface area contributed by atoms with E-state index < -0.39 is 0 Å². The molecule has 0 aliphatic carbocycles. The standard InChI is InChI=1S/C17H26N2O2/c1-4-14-10-19-15-9-13(5-6-17(15)21-14)16(20)11-18-8-7-12(2)3/h5-6,9,12,14,18-19H,4,7-8,10-11H2,1-3H3. The van der Waals surface area contributed by atoms with Gasteiger partial charge in [-0.1, -0.05) is 20.8 Å². The monoisotopic (exact) mass is 290 g/mol. The van der Waals surface area contributed by atoms with Gasteiger partial charge in [0.05, 0.1) is 18.8 Å². The lowest BCUT2D eigenvalue weighted by atomic mass is 10.1. The Morgan fingerprint density at radius 3 is 3.00 bits per heavy atom. The number of nitrogens with one attached hydrogen (secondary N) is 2. The molecule has 0 radical (unpaired) electrons. The number of carbonyl (C=O) groups is 1. The molecule has 0 bridgehead atoms. The van der Waals surface area contributed by atoms with Crippen molar-refractivity contribution in [3.63, 3.8) is 0 Å². The van der Waals surface area contributed by atoms with Gasteiger partial charge in [0.2, 0.25) is 0 Å². The maximum atomic E-state index is 12.2. The van der Waals surface area contributed by atoms with Crippen LogP contribution in [0.3, 0.4) is 0 Å². The van der Waals surface area contributed by atoms with Gasteiger partial charge in [-0.2, -0.15) is 0 Å². The fourth-order valence-corrected chi connectivity index (χ4v) is 2.31. The summed E-state index contributed by atoms with van der Waals surface area (Å²) in [5.41, 5.74) is 1.66. The molecule has 2 N–H and O–H groups in total. The summed E-state index contributed by atoms with van der Waals surface area (Å²) in [7, 11) is 0. The van der Waals surface area contributed by atoms with E-state index in [0.29, 0.717) is 12.5 Å². The molecule has 1 atom stereocenters. The molecule has 0 fully saturated rings. The number of ether oxygens (including phenoxy) is 1. The first-order valence-corrected chi connectivity index (χ1v) is 7.88. The largest absolute Gasteiger partial charge is 0.486 e. The van der Waals surface area contributed by atoms with Gasteiger partial charge in [-0.05, 0) is 43.5 Å². The number of benzene rings is 1. The van der Waals surface area contributed by atoms with Gasteiger partial charge in [0, 0.05) is 5.56 Å². The first kappa shape index (κ1) is 15.8. The molecule has 0 saturated carbocycles. The number of hydrogen-bond acceptors (Lipinski definition) is 4. The summed E-state index contributed by atoms with van der Waals surface area (Å²) in [5.74, 6) is 1.63. The van der Waals surface area contributed by atoms with Crippen LogP contribution in [0.2, 0.25) is 0 Å². The van der Waals surface area contributed by atoms with Crippen LogP contribution in [0.5, 0.6) is 5.75 Å². The lowest BCUT2D eigenvalue weighted by molar-refractivity contribution is 0.0990. The van der Waals surface area contributed by atoms with Crippen LogP contribution in [0.15, 0.2) is 18.2 Å². The van der Waals surface area contributed by atoms with Crippen molar-refractivity contribution in [1.29, 1.82) is 0 Å². The second-order valence-electron chi connectivity index (χ2n) is 6.02. The van der Waals surface area contributed by atoms with Crippen molar-refractivity contribution < 1.29 is 9.53 Å². The Morgan fingerprint density at radius 1 is 1.48 bits per heavy atom. The van der Waals surface area contributed by atoms with Crippen LogP contribution in [-0.2, 0) is 0 Å². The van der Waals surface area contributed by atoms with E-state index in [-0.39, 0.29) is 11.9 Å². The van der Waals surface area contributed by atoms with Crippen LogP contribution >= 0.6 is 0 Å². The maximum absolute atomic E-state index is 12.2. The van der Waals surface area contributed by atoms with Crippen molar-refractivity contribution in [3.8, 4) is 5.75 Å². The van der Waals surface area contributed by atoms with Gasteiger partial charge in [0.1, 0.15) is 11.9 Å². The second kappa shape index (κ2) is 7.46. The summed E-state index contributed by atoms with van der Waals surface area (Å²) in [6.07, 6.45) is 2.29. The van der Waals surface area contributed by atoms with Crippen LogP contribution in [-0.4, -0.2) is 31.5 Å². The molecule has 0 spiro atoms. The summed E-state index contributed by atoms with van der Waals surface area (Å²) < 4.78 is 5.85. The van der Waals surface area contributed by atoms with E-state index in [4.69, 9.17) is 4.74 Å². The summed E-state index contributed by atoms with van der Waals surface area (Å²) in [5, 5.41) is 6.55. The molecule has 1 heterocycles. The third-order valence-electron chi connectivity index (χ3n) is 3.75. The SMILES string of the molecule is CCC1CNc2cc(C(=O)CNCCC(C)C)ccc2O1. The summed E-state index contributed by atoms with van der Waals surface area (Å²) in [4.78, 5) is 12.2. The molecule has 4 heteroatoms. The molecule has 1 aromatic rings. The maximum Gasteiger partial charge on any atom is 0.176 e. The zero-order valence-electron chi connectivity index (χ0n) is 13.2. The van der Waals surface area contributed by atoms with Crippen molar-refractivity contribution in [1.82, 2.24) is 5.32 Å². The van der Waals surface area contributed by atoms with Crippen LogP contribution in [0.1, 0.15) is 44.0 Å². The van der Waals surface area contributed by atoms with Gasteiger partial charge in [0.15, 0.2) is 5.78 Å². The average molecular weight is 290 g/mol. The van der Waals surface area contributed by atoms with Crippen LogP contribution in [0.25, 0.3) is 0 Å². The van der Waals surface area contributed by atoms with Crippen LogP contribution < -0.4 is 15.4 Å². The Bertz CT molecular complexity index is 486. The topological polar surface area (TPSA) is 50.4 Å². The lowest BCUT2D eigenvalue weighted by Crippen LogP contribution is -2.30. The number of carbonyl (C=O) groups excluding carboxylic acids is 1. The third kappa shape index (κ3) is 4.46. The second-order valence-corrected chi connectivity index (χ2v) is 6.02. The van der Waals surface area contributed by atoms with E-state index in [0.717, 1.165) is 42.9 Å². The number of fused-ring (bicyclic) bond motifs is 1. The van der Waals surface area contributed by atoms with Gasteiger partial charge < -0.3 is 15.4 Å². The number of rotatable bonds is 7. The van der Waals surface area contributed by atoms with Crippen molar-refractivity contribution in [2.45, 2.75) is 39.7 Å². The van der Waals surface area contributed by atoms with Gasteiger partial charge >= 0.3 is 0 Å². The molecular formula is C17H26N2O2. The third-order valence-corrected chi connectivity index (χ3v) is 3.75. The molecule has 0 saturated heterocycles. The Morgan fingerprint density at radius 2 is 2.29 bits per heavy atom. The Hall–Kier alpha value is -1.55. The smallest absolute Gasteiger partial charge is 0.176 e. The van der Waals surface area contributed by atoms with E-state index in [9.17, 15) is 4.79 Å². The molecule has 1 aliphatic rings. The van der Waals surface area contributed by atoms with Crippen molar-refractivity contribution >= 4 is 11.5 Å². The van der Waals surface area contributed by atoms with Crippen molar-refractivity contribution in [3.05, 3.63) is 23.8 Å². The summed E-state index contributed by atoms with van der Waals surface area (Å²) >= 11 is 0. The molecule has 1 aliphatic heterocycles. The molecule has 1 aromatic carbocycles. The van der Waals surface area contributed by atoms with Crippen molar-refractivity contribution in [2.24, 2.45) is 5.92 Å². The fraction of sp³-hybridized carbons (Fsp3) is 0.588. The van der Waals surface area contributed by atoms with E-state index in [2.05, 4.69) is 31.4 Å². The molecule has 21 heavy (non-hydrogen) atoms. The van der Waals surface area contributed by atoms with Crippen molar-refractivity contribution in [2.75, 3.05) is 25.0 Å². The van der Waals surface area contributed by atoms with E-state index in [1.807, 2.05) is 18.2 Å². The minimum Gasteiger partial charge on any atom is -0.486 e. The molecule has 0 aromatic heterocycles.